The molecular weight excluding hydrogens is 1750 g/mol. The summed E-state index contributed by atoms with van der Waals surface area (Å²) in [6.45, 7) is 18.9. The van der Waals surface area contributed by atoms with E-state index in [-0.39, 0.29) is 105 Å². The van der Waals surface area contributed by atoms with Crippen molar-refractivity contribution in [1.82, 2.24) is 78.1 Å². The fraction of sp³-hybridized carbons (Fsp3) is 0.378. The van der Waals surface area contributed by atoms with Crippen LogP contribution in [0.5, 0.6) is 0 Å². The Morgan fingerprint density at radius 1 is 0.444 bits per heavy atom. The van der Waals surface area contributed by atoms with Gasteiger partial charge in [-0.1, -0.05) is 115 Å². The predicted molar refractivity (Wildman–Crippen MR) is 501 cm³/mol. The standard InChI is InChI=1S/2C20H22N6O.C20H25N5O.C19H24N6O.C19H20N6O.Y/c21-12-16-6-1-2-7-17(16)13-25-19(23-9-5-8-18(22)14-23)15-24-10-3-4-11-26(24)20(25)27;21-12-15-6-1-2-7-16(15)13-26-19(24-10-5-8-17(22)14-24)23-18-9-3-4-11-25(18)20(26)27;1-3-24-15(2)11-19(23-10-6-9-18(22)14-23)25(20(24)26)13-17-8-5-4-7-16(17)12-21;20-11-14-5-1-2-6-15(14)12-25-18(23-9-3-7-16(21)13-23)22-17-8-4-10-24(17)19(25)26;20-11-14-5-1-2-6-15(14)12-24-18(26)17-8-4-10-25(17)22-19(24)23-9-3-7-16(21)13-23;/h1-4,6-7,10-11,15,18H,5,8-9,13-14,22H2;1-4,6-7,9,17H,5,8,10-11,13-14,22H2;4-5,7-8,11,15,18H,1-3,6,9-10,13-14,22H2;1-2,5-6,16-17H,3-4,7-10,12-13,21H2;1-2,4-6,8,10,16H,3,7,9,12-13,21H2;/q;;-2;;;/t18-;17-;15?,18-;16-,17?;16-;/m11111./s1. The Kier molecular flexibility index (Phi) is 32.1. The monoisotopic (exact) mass is 1860 g/mol. The van der Waals surface area contributed by atoms with Crippen molar-refractivity contribution in [3.8, 4) is 30.3 Å². The van der Waals surface area contributed by atoms with Crippen molar-refractivity contribution in [2.75, 3.05) is 90.0 Å². The normalized spacial score (nSPS) is 22.0. The summed E-state index contributed by atoms with van der Waals surface area (Å²) in [5.41, 5.74) is 38.2. The predicted octanol–water partition coefficient (Wildman–Crippen LogP) is 9.40. The van der Waals surface area contributed by atoms with Crippen LogP contribution in [0.4, 0.5) is 25.1 Å². The Bertz CT molecular complexity index is 5880. The van der Waals surface area contributed by atoms with E-state index in [9.17, 15) is 50.3 Å². The van der Waals surface area contributed by atoms with Gasteiger partial charge in [0.25, 0.3) is 5.56 Å². The zero-order chi connectivity index (χ0) is 92.5. The summed E-state index contributed by atoms with van der Waals surface area (Å²) in [5, 5.41) is 55.0. The Morgan fingerprint density at radius 3 is 1.38 bits per heavy atom. The number of likely N-dealkylation sites (tertiary alicyclic amines) is 4. The number of nitriles is 5. The maximum atomic E-state index is 13.3. The first kappa shape index (κ1) is 95.6. The molecule has 6 saturated heterocycles. The number of allylic oxidation sites excluding steroid dienone is 4. The molecule has 34 nitrogen and oxygen atoms in total. The average molecular weight is 1870 g/mol. The van der Waals surface area contributed by atoms with Gasteiger partial charge in [0.05, 0.1) is 97.1 Å². The number of carbonyl (C=O) groups excluding carboxylic acids is 4. The third kappa shape index (κ3) is 22.2. The zero-order valence-corrected chi connectivity index (χ0v) is 77.7. The molecule has 12 aliphatic rings. The molecule has 5 aromatic carbocycles. The third-order valence-corrected chi connectivity index (χ3v) is 25.3. The summed E-state index contributed by atoms with van der Waals surface area (Å²) in [6, 6.07) is 51.3. The molecule has 2 unspecified atom stereocenters. The fourth-order valence-electron chi connectivity index (χ4n) is 18.5. The van der Waals surface area contributed by atoms with Crippen LogP contribution in [0.3, 0.4) is 0 Å². The minimum absolute atomic E-state index is 0. The van der Waals surface area contributed by atoms with Crippen molar-refractivity contribution in [2.24, 2.45) is 38.7 Å². The van der Waals surface area contributed by atoms with Gasteiger partial charge in [-0.25, -0.2) is 33.7 Å². The van der Waals surface area contributed by atoms with Crippen LogP contribution >= 0.6 is 0 Å². The number of piperidine rings is 5. The van der Waals surface area contributed by atoms with Crippen molar-refractivity contribution >= 4 is 47.5 Å². The number of guanidine groups is 2. The minimum Gasteiger partial charge on any atom is -0.378 e. The maximum absolute atomic E-state index is 13.3. The van der Waals surface area contributed by atoms with E-state index in [2.05, 4.69) is 73.8 Å². The number of anilines is 1. The summed E-state index contributed by atoms with van der Waals surface area (Å²) >= 11 is 0. The first-order valence-electron chi connectivity index (χ1n) is 45.3. The number of carbonyl (C=O) groups is 4. The first-order chi connectivity index (χ1) is 64.2. The molecule has 19 rings (SSSR count). The van der Waals surface area contributed by atoms with Crippen molar-refractivity contribution in [2.45, 2.75) is 152 Å². The van der Waals surface area contributed by atoms with Crippen LogP contribution in [0.1, 0.15) is 133 Å². The Hall–Kier alpha value is -13.5. The molecule has 685 valence electrons. The van der Waals surface area contributed by atoms with Crippen LogP contribution in [-0.4, -0.2) is 242 Å². The van der Waals surface area contributed by atoms with Crippen molar-refractivity contribution in [3.63, 3.8) is 0 Å². The van der Waals surface area contributed by atoms with Gasteiger partial charge in [0, 0.05) is 160 Å². The van der Waals surface area contributed by atoms with Gasteiger partial charge < -0.3 is 76.8 Å². The summed E-state index contributed by atoms with van der Waals surface area (Å²) in [7, 11) is 0. The van der Waals surface area contributed by atoms with E-state index in [1.807, 2.05) is 151 Å². The molecule has 12 aliphatic heterocycles. The molecule has 10 N–H and O–H groups in total. The fourth-order valence-corrected chi connectivity index (χ4v) is 18.5. The number of hydrazine groups is 1. The molecule has 133 heavy (non-hydrogen) atoms. The second kappa shape index (κ2) is 44.6. The quantitative estimate of drug-likeness (QED) is 0.0632. The zero-order valence-electron chi connectivity index (χ0n) is 74.9. The van der Waals surface area contributed by atoms with Crippen molar-refractivity contribution < 1.29 is 51.9 Å². The Labute approximate surface area is 801 Å². The minimum atomic E-state index is -0.268. The number of aliphatic imine (C=N–C) groups is 2. The number of amides is 8. The second-order valence-electron chi connectivity index (χ2n) is 34.5. The molecule has 0 spiro atoms. The summed E-state index contributed by atoms with van der Waals surface area (Å²) < 4.78 is 3.27. The number of urea groups is 4. The molecule has 2 aromatic heterocycles. The number of hydrogen-bond donors (Lipinski definition) is 5. The SMILES string of the molecule is N#Cc1ccccc1CN1C(=O)N2C=CC=CN2C=C1N1CCC[C@@H](N)C1.N#Cc1ccccc1CN1C(=O)N2CC=CC=C2N=C1N1CCC[C@@H](N)C1.N#Cc1ccccc1CN1C(=O)N2CCCC2N=C1N1CCC[C@@H](N)C1.N#Cc1ccccc1Cn1c(N2CCC[C@@H](N)C2)nn2cccc2c1=O.[CH2-]CN1C(=O)N(Cc2ccccc2C#N)C(N2CCC[C@@H](N)C2)=CC1[CH2-].[Y]. The summed E-state index contributed by atoms with van der Waals surface area (Å²) in [4.78, 5) is 98.2. The van der Waals surface area contributed by atoms with Crippen LogP contribution in [0.15, 0.2) is 227 Å². The summed E-state index contributed by atoms with van der Waals surface area (Å²) in [6.07, 6.45) is 30.5. The molecule has 8 amide bonds. The van der Waals surface area contributed by atoms with Gasteiger partial charge in [0.15, 0.2) is 0 Å². The molecule has 14 heterocycles. The van der Waals surface area contributed by atoms with E-state index in [1.54, 1.807) is 97.3 Å². The van der Waals surface area contributed by atoms with Crippen LogP contribution in [-0.2, 0) is 65.4 Å². The van der Waals surface area contributed by atoms with E-state index in [4.69, 9.17) is 38.7 Å². The number of benzene rings is 5. The van der Waals surface area contributed by atoms with Gasteiger partial charge in [0.2, 0.25) is 17.9 Å². The molecule has 0 aliphatic carbocycles. The van der Waals surface area contributed by atoms with Gasteiger partial charge in [-0.2, -0.15) is 31.3 Å². The van der Waals surface area contributed by atoms with E-state index in [0.717, 1.165) is 168 Å². The number of nitrogens with zero attached hydrogens (tertiary/aromatic N) is 24. The molecule has 0 saturated carbocycles. The van der Waals surface area contributed by atoms with E-state index in [1.165, 1.54) is 0 Å². The topological polar surface area (TPSA) is 427 Å². The first-order valence-corrected chi connectivity index (χ1v) is 45.3. The van der Waals surface area contributed by atoms with Gasteiger partial charge in [-0.3, -0.25) is 38.9 Å². The number of fused-ring (bicyclic) bond motifs is 4. The molecule has 7 aromatic rings. The van der Waals surface area contributed by atoms with Crippen LogP contribution in [0.25, 0.3) is 5.52 Å². The summed E-state index contributed by atoms with van der Waals surface area (Å²) in [5.74, 6) is 4.26. The van der Waals surface area contributed by atoms with Gasteiger partial charge in [-0.05, 0) is 166 Å². The molecule has 35 heteroatoms. The van der Waals surface area contributed by atoms with Gasteiger partial charge >= 0.3 is 24.1 Å². The van der Waals surface area contributed by atoms with Gasteiger partial charge in [-0.15, -0.1) is 11.6 Å². The largest absolute Gasteiger partial charge is 0.378 e. The smallest absolute Gasteiger partial charge is 0.349 e. The Balaban J connectivity index is 0.000000133. The van der Waals surface area contributed by atoms with Crippen LogP contribution in [0.2, 0.25) is 0 Å². The Morgan fingerprint density at radius 2 is 0.872 bits per heavy atom. The van der Waals surface area contributed by atoms with Crippen LogP contribution < -0.4 is 39.1 Å². The number of nitrogens with two attached hydrogens (primary N) is 5. The van der Waals surface area contributed by atoms with E-state index in [0.29, 0.717) is 123 Å². The van der Waals surface area contributed by atoms with Crippen molar-refractivity contribution in [1.29, 1.82) is 26.3 Å². The molecular formula is C98H113N29O5Y-2. The van der Waals surface area contributed by atoms with Crippen LogP contribution in [0, 0.1) is 70.5 Å². The maximum Gasteiger partial charge on any atom is 0.349 e. The number of hydrogen-bond acceptors (Lipinski definition) is 24. The van der Waals surface area contributed by atoms with Crippen molar-refractivity contribution in [3.05, 3.63) is 292 Å². The molecule has 0 bridgehead atoms. The number of rotatable bonds is 14. The molecule has 7 atom stereocenters. The van der Waals surface area contributed by atoms with E-state index < -0.39 is 0 Å². The van der Waals surface area contributed by atoms with E-state index >= 15 is 0 Å². The number of aromatic nitrogens is 3. The third-order valence-electron chi connectivity index (χ3n) is 25.3. The molecule has 6 fully saturated rings. The average Bonchev–Trinajstić information content (AvgIpc) is 1.52. The van der Waals surface area contributed by atoms with Gasteiger partial charge in [0.1, 0.15) is 29.1 Å². The second-order valence-corrected chi connectivity index (χ2v) is 34.5. The molecule has 1 radical (unpaired) electrons.